The quantitative estimate of drug-likeness (QED) is 0.544. The molecule has 11 heavy (non-hydrogen) atoms. The van der Waals surface area contributed by atoms with Crippen LogP contribution in [-0.4, -0.2) is 22.7 Å². The maximum absolute atomic E-state index is 11.1. The number of carbonyl (C=O) groups is 1. The van der Waals surface area contributed by atoms with E-state index < -0.39 is 6.10 Å². The summed E-state index contributed by atoms with van der Waals surface area (Å²) in [4.78, 5) is 11.1. The van der Waals surface area contributed by atoms with Gasteiger partial charge in [-0.2, -0.15) is 0 Å². The van der Waals surface area contributed by atoms with Gasteiger partial charge in [0.15, 0.2) is 5.78 Å². The standard InChI is InChI=1S/C8H11NO2/c1-5(9)7-4-6(10)2-3-8(7)11/h4,6,9-10H,2-3H2,1H3. The summed E-state index contributed by atoms with van der Waals surface area (Å²) in [6, 6.07) is 0. The number of hydrogen-bond acceptors (Lipinski definition) is 3. The Bertz CT molecular complexity index is 230. The van der Waals surface area contributed by atoms with Crippen molar-refractivity contribution in [3.05, 3.63) is 11.6 Å². The van der Waals surface area contributed by atoms with E-state index in [0.29, 0.717) is 18.4 Å². The van der Waals surface area contributed by atoms with Crippen LogP contribution in [0.15, 0.2) is 11.6 Å². The minimum atomic E-state index is -0.539. The van der Waals surface area contributed by atoms with E-state index in [1.165, 1.54) is 6.08 Å². The van der Waals surface area contributed by atoms with Gasteiger partial charge in [-0.1, -0.05) is 0 Å². The highest BCUT2D eigenvalue weighted by atomic mass is 16.3. The van der Waals surface area contributed by atoms with Gasteiger partial charge in [-0.3, -0.25) is 4.79 Å². The highest BCUT2D eigenvalue weighted by Gasteiger charge is 2.19. The van der Waals surface area contributed by atoms with Crippen LogP contribution in [0.2, 0.25) is 0 Å². The zero-order valence-corrected chi connectivity index (χ0v) is 6.42. The Morgan fingerprint density at radius 3 is 2.91 bits per heavy atom. The first-order valence-electron chi connectivity index (χ1n) is 3.60. The number of aliphatic hydroxyl groups excluding tert-OH is 1. The van der Waals surface area contributed by atoms with E-state index in [0.717, 1.165) is 0 Å². The van der Waals surface area contributed by atoms with Gasteiger partial charge in [0.2, 0.25) is 0 Å². The van der Waals surface area contributed by atoms with Crippen LogP contribution in [-0.2, 0) is 4.79 Å². The number of allylic oxidation sites excluding steroid dienone is 1. The summed E-state index contributed by atoms with van der Waals surface area (Å²) < 4.78 is 0. The van der Waals surface area contributed by atoms with Gasteiger partial charge in [0.25, 0.3) is 0 Å². The summed E-state index contributed by atoms with van der Waals surface area (Å²) in [5.41, 5.74) is 0.623. The first-order valence-corrected chi connectivity index (χ1v) is 3.60. The molecule has 1 rings (SSSR count). The van der Waals surface area contributed by atoms with Gasteiger partial charge < -0.3 is 10.5 Å². The first kappa shape index (κ1) is 8.14. The van der Waals surface area contributed by atoms with Crippen molar-refractivity contribution in [2.24, 2.45) is 0 Å². The van der Waals surface area contributed by atoms with Crippen molar-refractivity contribution in [1.29, 1.82) is 5.41 Å². The van der Waals surface area contributed by atoms with Gasteiger partial charge in [0.05, 0.1) is 6.10 Å². The lowest BCUT2D eigenvalue weighted by molar-refractivity contribution is -0.116. The first-order chi connectivity index (χ1) is 5.11. The van der Waals surface area contributed by atoms with Gasteiger partial charge in [-0.15, -0.1) is 0 Å². The van der Waals surface area contributed by atoms with Crippen LogP contribution >= 0.6 is 0 Å². The number of Topliss-reactive ketones (excluding diaryl/α,β-unsaturated/α-hetero) is 1. The largest absolute Gasteiger partial charge is 0.389 e. The molecule has 0 radical (unpaired) electrons. The fraction of sp³-hybridized carbons (Fsp3) is 0.500. The molecule has 0 fully saturated rings. The minimum Gasteiger partial charge on any atom is -0.389 e. The molecule has 0 aliphatic heterocycles. The van der Waals surface area contributed by atoms with E-state index in [9.17, 15) is 4.79 Å². The molecule has 0 aromatic rings. The number of nitrogens with one attached hydrogen (secondary N) is 1. The van der Waals surface area contributed by atoms with E-state index in [1.807, 2.05) is 0 Å². The van der Waals surface area contributed by atoms with Crippen molar-refractivity contribution in [3.63, 3.8) is 0 Å². The van der Waals surface area contributed by atoms with Crippen LogP contribution < -0.4 is 0 Å². The predicted octanol–water partition coefficient (Wildman–Crippen LogP) is 0.676. The molecule has 0 amide bonds. The molecule has 0 spiro atoms. The maximum atomic E-state index is 11.1. The topological polar surface area (TPSA) is 61.1 Å². The Morgan fingerprint density at radius 1 is 1.82 bits per heavy atom. The van der Waals surface area contributed by atoms with Crippen LogP contribution in [0, 0.1) is 5.41 Å². The Labute approximate surface area is 65.2 Å². The van der Waals surface area contributed by atoms with E-state index >= 15 is 0 Å². The fourth-order valence-corrected chi connectivity index (χ4v) is 1.12. The second kappa shape index (κ2) is 2.96. The second-order valence-corrected chi connectivity index (χ2v) is 2.73. The molecule has 1 unspecified atom stereocenters. The molecule has 0 bridgehead atoms. The molecule has 1 aliphatic carbocycles. The molecular formula is C8H11NO2. The smallest absolute Gasteiger partial charge is 0.164 e. The van der Waals surface area contributed by atoms with Crippen molar-refractivity contribution >= 4 is 11.5 Å². The van der Waals surface area contributed by atoms with Gasteiger partial charge in [0, 0.05) is 17.7 Å². The van der Waals surface area contributed by atoms with Crippen molar-refractivity contribution in [3.8, 4) is 0 Å². The Kier molecular flexibility index (Phi) is 2.19. The summed E-state index contributed by atoms with van der Waals surface area (Å²) in [5, 5.41) is 16.3. The minimum absolute atomic E-state index is 0.0252. The third-order valence-electron chi connectivity index (χ3n) is 1.73. The van der Waals surface area contributed by atoms with E-state index in [4.69, 9.17) is 10.5 Å². The summed E-state index contributed by atoms with van der Waals surface area (Å²) in [5.74, 6) is -0.0252. The third kappa shape index (κ3) is 1.74. The van der Waals surface area contributed by atoms with E-state index in [2.05, 4.69) is 0 Å². The lowest BCUT2D eigenvalue weighted by atomic mass is 9.94. The van der Waals surface area contributed by atoms with Crippen molar-refractivity contribution in [2.45, 2.75) is 25.9 Å². The highest BCUT2D eigenvalue weighted by molar-refractivity contribution is 6.20. The van der Waals surface area contributed by atoms with Crippen LogP contribution in [0.25, 0.3) is 0 Å². The van der Waals surface area contributed by atoms with Gasteiger partial charge in [0.1, 0.15) is 0 Å². The second-order valence-electron chi connectivity index (χ2n) is 2.73. The number of aliphatic hydroxyl groups is 1. The van der Waals surface area contributed by atoms with Crippen LogP contribution in [0.1, 0.15) is 19.8 Å². The third-order valence-corrected chi connectivity index (χ3v) is 1.73. The average molecular weight is 153 g/mol. The molecule has 0 aromatic carbocycles. The molecule has 1 atom stereocenters. The summed E-state index contributed by atoms with van der Waals surface area (Å²) in [7, 11) is 0. The predicted molar refractivity (Wildman–Crippen MR) is 41.7 cm³/mol. The fourth-order valence-electron chi connectivity index (χ4n) is 1.12. The van der Waals surface area contributed by atoms with Crippen molar-refractivity contribution < 1.29 is 9.90 Å². The Hall–Kier alpha value is -0.960. The zero-order chi connectivity index (χ0) is 8.43. The number of carbonyl (C=O) groups excluding carboxylic acids is 1. The van der Waals surface area contributed by atoms with E-state index in [-0.39, 0.29) is 11.5 Å². The van der Waals surface area contributed by atoms with E-state index in [1.54, 1.807) is 6.92 Å². The molecule has 0 saturated carbocycles. The molecule has 3 nitrogen and oxygen atoms in total. The molecule has 0 saturated heterocycles. The van der Waals surface area contributed by atoms with Gasteiger partial charge >= 0.3 is 0 Å². The van der Waals surface area contributed by atoms with Crippen LogP contribution in [0.3, 0.4) is 0 Å². The van der Waals surface area contributed by atoms with Crippen molar-refractivity contribution in [1.82, 2.24) is 0 Å². The zero-order valence-electron chi connectivity index (χ0n) is 6.42. The lowest BCUT2D eigenvalue weighted by Gasteiger charge is -2.14. The average Bonchev–Trinajstić information content (AvgIpc) is 1.94. The molecule has 0 aromatic heterocycles. The number of hydrogen-bond donors (Lipinski definition) is 2. The molecule has 1 aliphatic rings. The molecule has 60 valence electrons. The van der Waals surface area contributed by atoms with Gasteiger partial charge in [-0.05, 0) is 19.4 Å². The Morgan fingerprint density at radius 2 is 2.45 bits per heavy atom. The SMILES string of the molecule is CC(=N)C1=CC(O)CCC1=O. The normalized spacial score (nSPS) is 24.7. The maximum Gasteiger partial charge on any atom is 0.164 e. The monoisotopic (exact) mass is 153 g/mol. The highest BCUT2D eigenvalue weighted by Crippen LogP contribution is 2.15. The Balaban J connectivity index is 2.88. The number of ketones is 1. The summed E-state index contributed by atoms with van der Waals surface area (Å²) in [6.45, 7) is 1.56. The van der Waals surface area contributed by atoms with Crippen LogP contribution in [0.4, 0.5) is 0 Å². The summed E-state index contributed by atoms with van der Waals surface area (Å²) >= 11 is 0. The molecular weight excluding hydrogens is 142 g/mol. The molecule has 3 heteroatoms. The van der Waals surface area contributed by atoms with Gasteiger partial charge in [-0.25, -0.2) is 0 Å². The van der Waals surface area contributed by atoms with Crippen molar-refractivity contribution in [2.75, 3.05) is 0 Å². The molecule has 2 N–H and O–H groups in total. The molecule has 0 heterocycles. The summed E-state index contributed by atoms with van der Waals surface area (Å²) in [6.07, 6.45) is 1.79. The number of rotatable bonds is 1. The lowest BCUT2D eigenvalue weighted by Crippen LogP contribution is -2.20. The van der Waals surface area contributed by atoms with Crippen LogP contribution in [0.5, 0.6) is 0 Å².